The minimum atomic E-state index is -0.951. The molecular formula is C33H59N7O10S. The van der Waals surface area contributed by atoms with Crippen LogP contribution in [-0.2, 0) is 24.2 Å². The van der Waals surface area contributed by atoms with Gasteiger partial charge >= 0.3 is 18.0 Å². The number of unbranched alkanes of at least 4 members (excludes halogenated alkanes) is 1. The maximum atomic E-state index is 12.8. The summed E-state index contributed by atoms with van der Waals surface area (Å²) in [6.45, 7) is 4.33. The van der Waals surface area contributed by atoms with Crippen LogP contribution in [0.15, 0.2) is 0 Å². The van der Waals surface area contributed by atoms with Gasteiger partial charge in [0.1, 0.15) is 0 Å². The van der Waals surface area contributed by atoms with E-state index < -0.39 is 11.9 Å². The zero-order valence-corrected chi connectivity index (χ0v) is 30.5. The summed E-state index contributed by atoms with van der Waals surface area (Å²) in [5.41, 5.74) is 0. The van der Waals surface area contributed by atoms with Gasteiger partial charge in [-0.05, 0) is 50.9 Å². The van der Waals surface area contributed by atoms with Crippen LogP contribution in [0.2, 0.25) is 0 Å². The van der Waals surface area contributed by atoms with Crippen LogP contribution in [0.1, 0.15) is 57.8 Å². The fraction of sp³-hybridized carbons (Fsp3) is 0.879. The summed E-state index contributed by atoms with van der Waals surface area (Å²) in [6.07, 6.45) is 7.36. The molecule has 4 rings (SSSR count). The molecule has 4 unspecified atom stereocenters. The molecule has 3 amide bonds. The van der Waals surface area contributed by atoms with Crippen molar-refractivity contribution in [3.63, 3.8) is 0 Å². The van der Waals surface area contributed by atoms with Crippen molar-refractivity contribution in [3.8, 4) is 0 Å². The number of urea groups is 1. The number of nitrogens with zero attached hydrogens (tertiary/aromatic N) is 4. The first-order valence-corrected chi connectivity index (χ1v) is 19.5. The summed E-state index contributed by atoms with van der Waals surface area (Å²) in [7, 11) is 0. The van der Waals surface area contributed by atoms with E-state index in [-0.39, 0.29) is 62.4 Å². The molecule has 1 saturated carbocycles. The zero-order valence-electron chi connectivity index (χ0n) is 29.7. The maximum Gasteiger partial charge on any atom is 0.317 e. The van der Waals surface area contributed by atoms with E-state index in [0.29, 0.717) is 82.9 Å². The molecule has 7 N–H and O–H groups in total. The minimum Gasteiger partial charge on any atom is -0.480 e. The summed E-state index contributed by atoms with van der Waals surface area (Å²) >= 11 is 1.89. The highest BCUT2D eigenvalue weighted by Crippen LogP contribution is 2.33. The molecule has 1 aliphatic carbocycles. The molecule has 17 nitrogen and oxygen atoms in total. The van der Waals surface area contributed by atoms with Crippen LogP contribution in [-0.4, -0.2) is 185 Å². The Morgan fingerprint density at radius 2 is 1.45 bits per heavy atom. The number of nitrogens with one attached hydrogen (secondary N) is 3. The Balaban J connectivity index is 1.31. The molecule has 3 aliphatic heterocycles. The first-order chi connectivity index (χ1) is 24.6. The van der Waals surface area contributed by atoms with Gasteiger partial charge in [0, 0.05) is 88.4 Å². The van der Waals surface area contributed by atoms with Gasteiger partial charge in [-0.3, -0.25) is 44.5 Å². The second-order valence-corrected chi connectivity index (χ2v) is 15.7. The largest absolute Gasteiger partial charge is 0.480 e. The smallest absolute Gasteiger partial charge is 0.317 e. The summed E-state index contributed by atoms with van der Waals surface area (Å²) in [5, 5.41) is 47.2. The lowest BCUT2D eigenvalue weighted by molar-refractivity contribution is -0.245. The van der Waals surface area contributed by atoms with Crippen LogP contribution >= 0.6 is 11.8 Å². The number of rotatable bonds is 18. The van der Waals surface area contributed by atoms with Gasteiger partial charge in [0.25, 0.3) is 0 Å². The van der Waals surface area contributed by atoms with Crippen molar-refractivity contribution in [2.75, 3.05) is 91.0 Å². The Morgan fingerprint density at radius 3 is 2.08 bits per heavy atom. The fourth-order valence-corrected chi connectivity index (χ4v) is 9.52. The highest BCUT2D eigenvalue weighted by Gasteiger charge is 2.42. The van der Waals surface area contributed by atoms with Crippen molar-refractivity contribution in [1.82, 2.24) is 35.6 Å². The van der Waals surface area contributed by atoms with E-state index >= 15 is 0 Å². The predicted molar refractivity (Wildman–Crippen MR) is 190 cm³/mol. The molecule has 4 fully saturated rings. The summed E-state index contributed by atoms with van der Waals surface area (Å²) in [5.74, 6) is -0.602. The number of aliphatic carboxylic acids is 2. The quantitative estimate of drug-likeness (QED) is 0.0441. The molecule has 292 valence electrons. The molecular weight excluding hydrogens is 686 g/mol. The van der Waals surface area contributed by atoms with Crippen molar-refractivity contribution in [2.45, 2.75) is 87.2 Å². The molecule has 0 spiro atoms. The highest BCUT2D eigenvalue weighted by atomic mass is 32.2. The third-order valence-electron chi connectivity index (χ3n) is 10.7. The van der Waals surface area contributed by atoms with E-state index in [4.69, 9.17) is 10.5 Å². The SMILES string of the molecule is O=C(O)CN1CCN(CCOO)CCN(CCOO)CCN(CC(=O)O)C(CC2CCC(NC(=O)CCCCC3SCC4NC(=O)NC43)CC2)C1. The number of hydrogen-bond donors (Lipinski definition) is 7. The van der Waals surface area contributed by atoms with Crippen molar-refractivity contribution >= 4 is 35.6 Å². The Hall–Kier alpha value is -2.29. The molecule has 4 aliphatic rings. The van der Waals surface area contributed by atoms with Gasteiger partial charge < -0.3 is 26.2 Å². The molecule has 0 radical (unpaired) electrons. The molecule has 0 bridgehead atoms. The van der Waals surface area contributed by atoms with E-state index in [2.05, 4.69) is 35.5 Å². The Morgan fingerprint density at radius 1 is 0.824 bits per heavy atom. The van der Waals surface area contributed by atoms with Gasteiger partial charge in [-0.2, -0.15) is 11.8 Å². The third-order valence-corrected chi connectivity index (χ3v) is 12.3. The first-order valence-electron chi connectivity index (χ1n) is 18.5. The number of amides is 3. The molecule has 51 heavy (non-hydrogen) atoms. The van der Waals surface area contributed by atoms with Crippen molar-refractivity contribution < 1.29 is 49.7 Å². The van der Waals surface area contributed by atoms with E-state index in [1.165, 1.54) is 0 Å². The minimum absolute atomic E-state index is 0.0678. The fourth-order valence-electron chi connectivity index (χ4n) is 7.98. The molecule has 3 heterocycles. The molecule has 18 heteroatoms. The van der Waals surface area contributed by atoms with Crippen LogP contribution < -0.4 is 16.0 Å². The van der Waals surface area contributed by atoms with E-state index in [1.807, 2.05) is 21.6 Å². The average molecular weight is 746 g/mol. The van der Waals surface area contributed by atoms with Gasteiger partial charge in [-0.15, -0.1) is 0 Å². The summed E-state index contributed by atoms with van der Waals surface area (Å²) < 4.78 is 0. The lowest BCUT2D eigenvalue weighted by Crippen LogP contribution is -2.53. The molecule has 0 aromatic rings. The molecule has 4 atom stereocenters. The van der Waals surface area contributed by atoms with Crippen molar-refractivity contribution in [2.24, 2.45) is 5.92 Å². The molecule has 0 aromatic heterocycles. The lowest BCUT2D eigenvalue weighted by atomic mass is 9.81. The van der Waals surface area contributed by atoms with E-state index in [1.54, 1.807) is 0 Å². The van der Waals surface area contributed by atoms with Crippen molar-refractivity contribution in [1.29, 1.82) is 0 Å². The van der Waals surface area contributed by atoms with E-state index in [0.717, 1.165) is 50.7 Å². The number of carbonyl (C=O) groups excluding carboxylic acids is 2. The monoisotopic (exact) mass is 745 g/mol. The number of carboxylic acid groups (broad SMARTS) is 2. The second-order valence-electron chi connectivity index (χ2n) is 14.4. The van der Waals surface area contributed by atoms with Gasteiger partial charge in [0.15, 0.2) is 0 Å². The molecule has 0 aromatic carbocycles. The first kappa shape index (κ1) is 41.5. The Labute approximate surface area is 304 Å². The number of carbonyl (C=O) groups is 4. The van der Waals surface area contributed by atoms with Crippen LogP contribution in [0.3, 0.4) is 0 Å². The second kappa shape index (κ2) is 22.0. The topological polar surface area (TPSA) is 217 Å². The van der Waals surface area contributed by atoms with Crippen LogP contribution in [0.25, 0.3) is 0 Å². The van der Waals surface area contributed by atoms with Gasteiger partial charge in [0.05, 0.1) is 38.4 Å². The number of thioether (sulfide) groups is 1. The summed E-state index contributed by atoms with van der Waals surface area (Å²) in [4.78, 5) is 65.1. The van der Waals surface area contributed by atoms with Gasteiger partial charge in [0.2, 0.25) is 5.91 Å². The van der Waals surface area contributed by atoms with Crippen LogP contribution in [0.4, 0.5) is 4.79 Å². The van der Waals surface area contributed by atoms with Crippen LogP contribution in [0, 0.1) is 5.92 Å². The number of hydrogen-bond acceptors (Lipinski definition) is 13. The predicted octanol–water partition coefficient (Wildman–Crippen LogP) is 0.516. The number of fused-ring (bicyclic) bond motifs is 1. The third kappa shape index (κ3) is 14.6. The maximum absolute atomic E-state index is 12.8. The normalized spacial score (nSPS) is 29.0. The van der Waals surface area contributed by atoms with E-state index in [9.17, 15) is 29.4 Å². The van der Waals surface area contributed by atoms with Gasteiger partial charge in [-0.25, -0.2) is 14.6 Å². The van der Waals surface area contributed by atoms with Crippen LogP contribution in [0.5, 0.6) is 0 Å². The Bertz CT molecular complexity index is 1100. The van der Waals surface area contributed by atoms with Gasteiger partial charge in [-0.1, -0.05) is 6.42 Å². The average Bonchev–Trinajstić information content (AvgIpc) is 3.64. The highest BCUT2D eigenvalue weighted by molar-refractivity contribution is 8.00. The molecule has 3 saturated heterocycles. The standard InChI is InChI=1S/C33H59N7O10S/c41-29(4-2-1-3-28-32-27(23-51-28)35-33(46)36-32)34-25-7-5-24(6-8-25)19-26-20-39(21-30(42)43)12-11-37(15-17-49-47)9-10-38(16-18-50-48)13-14-40(26)22-31(44)45/h24-28,32,47-48H,1-23H2,(H,34,41)(H,42,43)(H,44,45)(H2,35,36,46). The Kier molecular flexibility index (Phi) is 17.9. The summed E-state index contributed by atoms with van der Waals surface area (Å²) in [6, 6.07) is 0.199. The lowest BCUT2D eigenvalue weighted by Gasteiger charge is -2.40. The van der Waals surface area contributed by atoms with Crippen molar-refractivity contribution in [3.05, 3.63) is 0 Å². The number of carboxylic acids is 2. The zero-order chi connectivity index (χ0) is 36.6.